The molecule has 0 saturated carbocycles. The monoisotopic (exact) mass is 191 g/mol. The number of rotatable bonds is 4. The molecular weight excluding hydrogens is 178 g/mol. The Morgan fingerprint density at radius 3 is 2.93 bits per heavy atom. The van der Waals surface area contributed by atoms with E-state index in [9.17, 15) is 4.91 Å². The zero-order chi connectivity index (χ0) is 10.4. The number of benzene rings is 1. The molecule has 4 nitrogen and oxygen atoms in total. The standard InChI is InChI=1S/C10H13N3O/c1-8-2-3-10(13-14)9(6-8)7-12-5-4-11/h2-3,6-7H,4-5,11H2,1H3. The smallest absolute Gasteiger partial charge is 0.116 e. The van der Waals surface area contributed by atoms with Crippen LogP contribution in [0.15, 0.2) is 28.4 Å². The van der Waals surface area contributed by atoms with E-state index in [0.717, 1.165) is 11.1 Å². The second kappa shape index (κ2) is 5.24. The van der Waals surface area contributed by atoms with E-state index >= 15 is 0 Å². The summed E-state index contributed by atoms with van der Waals surface area (Å²) in [4.78, 5) is 14.5. The third-order valence-electron chi connectivity index (χ3n) is 1.77. The van der Waals surface area contributed by atoms with Gasteiger partial charge in [-0.05, 0) is 24.2 Å². The molecule has 74 valence electrons. The van der Waals surface area contributed by atoms with Gasteiger partial charge in [0, 0.05) is 18.3 Å². The first-order valence-corrected chi connectivity index (χ1v) is 4.42. The number of nitroso groups, excluding NO2 is 1. The minimum absolute atomic E-state index is 0.413. The van der Waals surface area contributed by atoms with Crippen molar-refractivity contribution >= 4 is 11.9 Å². The number of nitrogens with zero attached hydrogens (tertiary/aromatic N) is 2. The Hall–Kier alpha value is -1.55. The maximum atomic E-state index is 10.4. The van der Waals surface area contributed by atoms with Crippen molar-refractivity contribution in [1.29, 1.82) is 0 Å². The second-order valence-electron chi connectivity index (χ2n) is 2.98. The summed E-state index contributed by atoms with van der Waals surface area (Å²) in [5.74, 6) is 0. The minimum Gasteiger partial charge on any atom is -0.329 e. The van der Waals surface area contributed by atoms with Gasteiger partial charge in [-0.25, -0.2) is 0 Å². The predicted octanol–water partition coefficient (Wildman–Crippen LogP) is 1.77. The lowest BCUT2D eigenvalue weighted by atomic mass is 10.1. The molecule has 1 aromatic rings. The molecule has 0 atom stereocenters. The average Bonchev–Trinajstić information content (AvgIpc) is 2.19. The molecule has 0 radical (unpaired) electrons. The molecule has 2 N–H and O–H groups in total. The van der Waals surface area contributed by atoms with Crippen LogP contribution in [0.4, 0.5) is 5.69 Å². The molecule has 0 aromatic heterocycles. The summed E-state index contributed by atoms with van der Waals surface area (Å²) in [5.41, 5.74) is 7.53. The summed E-state index contributed by atoms with van der Waals surface area (Å²) < 4.78 is 0. The van der Waals surface area contributed by atoms with Gasteiger partial charge in [-0.3, -0.25) is 4.99 Å². The fourth-order valence-electron chi connectivity index (χ4n) is 1.10. The molecule has 0 aliphatic carbocycles. The second-order valence-corrected chi connectivity index (χ2v) is 2.98. The van der Waals surface area contributed by atoms with Crippen LogP contribution in [0.25, 0.3) is 0 Å². The molecule has 0 amide bonds. The van der Waals surface area contributed by atoms with E-state index in [1.54, 1.807) is 12.3 Å². The maximum absolute atomic E-state index is 10.4. The number of hydrogen-bond acceptors (Lipinski definition) is 4. The van der Waals surface area contributed by atoms with Crippen molar-refractivity contribution in [2.75, 3.05) is 13.1 Å². The number of nitrogens with two attached hydrogens (primary N) is 1. The molecule has 14 heavy (non-hydrogen) atoms. The average molecular weight is 191 g/mol. The molecule has 0 bridgehead atoms. The van der Waals surface area contributed by atoms with Crippen molar-refractivity contribution in [3.8, 4) is 0 Å². The zero-order valence-electron chi connectivity index (χ0n) is 8.10. The summed E-state index contributed by atoms with van der Waals surface area (Å²) >= 11 is 0. The molecule has 0 spiro atoms. The summed E-state index contributed by atoms with van der Waals surface area (Å²) in [6.07, 6.45) is 1.64. The van der Waals surface area contributed by atoms with Gasteiger partial charge in [-0.2, -0.15) is 0 Å². The molecule has 4 heteroatoms. The normalized spacial score (nSPS) is 10.7. The van der Waals surface area contributed by atoms with Crippen LogP contribution in [-0.2, 0) is 0 Å². The quantitative estimate of drug-likeness (QED) is 0.582. The maximum Gasteiger partial charge on any atom is 0.116 e. The fraction of sp³-hybridized carbons (Fsp3) is 0.300. The number of aliphatic imine (C=N–C) groups is 1. The Bertz CT molecular complexity index is 347. The molecule has 0 aliphatic rings. The summed E-state index contributed by atoms with van der Waals surface area (Å²) in [6, 6.07) is 5.40. The van der Waals surface area contributed by atoms with Gasteiger partial charge in [0.15, 0.2) is 0 Å². The summed E-state index contributed by atoms with van der Waals surface area (Å²) in [7, 11) is 0. The molecular formula is C10H13N3O. The first-order chi connectivity index (χ1) is 6.77. The van der Waals surface area contributed by atoms with Crippen molar-refractivity contribution in [1.82, 2.24) is 0 Å². The Labute approximate surface area is 82.8 Å². The van der Waals surface area contributed by atoms with Crippen LogP contribution in [0.5, 0.6) is 0 Å². The van der Waals surface area contributed by atoms with Crippen molar-refractivity contribution in [2.24, 2.45) is 15.9 Å². The van der Waals surface area contributed by atoms with Crippen LogP contribution in [-0.4, -0.2) is 19.3 Å². The Morgan fingerprint density at radius 1 is 1.50 bits per heavy atom. The highest BCUT2D eigenvalue weighted by molar-refractivity contribution is 5.86. The van der Waals surface area contributed by atoms with E-state index in [-0.39, 0.29) is 0 Å². The van der Waals surface area contributed by atoms with Gasteiger partial charge in [0.1, 0.15) is 5.69 Å². The highest BCUT2D eigenvalue weighted by Crippen LogP contribution is 2.18. The van der Waals surface area contributed by atoms with E-state index in [4.69, 9.17) is 5.73 Å². The lowest BCUT2D eigenvalue weighted by Crippen LogP contribution is -2.02. The number of hydrogen-bond donors (Lipinski definition) is 1. The lowest BCUT2D eigenvalue weighted by molar-refractivity contribution is 0.980. The van der Waals surface area contributed by atoms with Gasteiger partial charge in [0.05, 0.1) is 6.54 Å². The zero-order valence-corrected chi connectivity index (χ0v) is 8.10. The third-order valence-corrected chi connectivity index (χ3v) is 1.77. The van der Waals surface area contributed by atoms with Gasteiger partial charge in [-0.1, -0.05) is 11.6 Å². The molecule has 0 fully saturated rings. The Kier molecular flexibility index (Phi) is 3.94. The third kappa shape index (κ3) is 2.74. The Balaban J connectivity index is 2.92. The lowest BCUT2D eigenvalue weighted by Gasteiger charge is -1.98. The highest BCUT2D eigenvalue weighted by Gasteiger charge is 1.99. The van der Waals surface area contributed by atoms with E-state index in [0.29, 0.717) is 18.8 Å². The molecule has 1 aromatic carbocycles. The van der Waals surface area contributed by atoms with E-state index in [2.05, 4.69) is 10.2 Å². The van der Waals surface area contributed by atoms with E-state index in [1.165, 1.54) is 0 Å². The topological polar surface area (TPSA) is 67.8 Å². The molecule has 0 aliphatic heterocycles. The van der Waals surface area contributed by atoms with Crippen molar-refractivity contribution in [2.45, 2.75) is 6.92 Å². The van der Waals surface area contributed by atoms with Crippen LogP contribution >= 0.6 is 0 Å². The van der Waals surface area contributed by atoms with Gasteiger partial charge >= 0.3 is 0 Å². The largest absolute Gasteiger partial charge is 0.329 e. The predicted molar refractivity (Wildman–Crippen MR) is 58.1 cm³/mol. The van der Waals surface area contributed by atoms with Crippen molar-refractivity contribution < 1.29 is 0 Å². The molecule has 1 rings (SSSR count). The van der Waals surface area contributed by atoms with Crippen LogP contribution in [0.1, 0.15) is 11.1 Å². The van der Waals surface area contributed by atoms with Crippen LogP contribution in [0.2, 0.25) is 0 Å². The molecule has 0 unspecified atom stereocenters. The minimum atomic E-state index is 0.413. The van der Waals surface area contributed by atoms with Gasteiger partial charge in [0.25, 0.3) is 0 Å². The van der Waals surface area contributed by atoms with Crippen molar-refractivity contribution in [3.05, 3.63) is 34.2 Å². The highest BCUT2D eigenvalue weighted by atomic mass is 16.3. The molecule has 0 saturated heterocycles. The van der Waals surface area contributed by atoms with Crippen LogP contribution in [0.3, 0.4) is 0 Å². The van der Waals surface area contributed by atoms with Crippen molar-refractivity contribution in [3.63, 3.8) is 0 Å². The summed E-state index contributed by atoms with van der Waals surface area (Å²) in [5, 5.41) is 2.92. The van der Waals surface area contributed by atoms with E-state index < -0.39 is 0 Å². The van der Waals surface area contributed by atoms with E-state index in [1.807, 2.05) is 19.1 Å². The first-order valence-electron chi connectivity index (χ1n) is 4.42. The van der Waals surface area contributed by atoms with Crippen LogP contribution < -0.4 is 5.73 Å². The fourth-order valence-corrected chi connectivity index (χ4v) is 1.10. The first kappa shape index (κ1) is 10.5. The molecule has 0 heterocycles. The number of aryl methyl sites for hydroxylation is 1. The summed E-state index contributed by atoms with van der Waals surface area (Å²) in [6.45, 7) is 3.02. The Morgan fingerprint density at radius 2 is 2.29 bits per heavy atom. The SMILES string of the molecule is Cc1ccc(N=O)c(C=NCCN)c1. The van der Waals surface area contributed by atoms with Gasteiger partial charge < -0.3 is 5.73 Å². The van der Waals surface area contributed by atoms with Crippen LogP contribution in [0, 0.1) is 11.8 Å². The van der Waals surface area contributed by atoms with Gasteiger partial charge in [0.2, 0.25) is 0 Å². The van der Waals surface area contributed by atoms with Gasteiger partial charge in [-0.15, -0.1) is 4.91 Å².